The highest BCUT2D eigenvalue weighted by Gasteiger charge is 2.28. The Morgan fingerprint density at radius 1 is 0.467 bits per heavy atom. The number of carbonyl (C=O) groups is 1. The van der Waals surface area contributed by atoms with Gasteiger partial charge in [-0.25, -0.2) is 4.79 Å². The fourth-order valence-electron chi connectivity index (χ4n) is 4.74. The first-order valence-corrected chi connectivity index (χ1v) is 11.9. The summed E-state index contributed by atoms with van der Waals surface area (Å²) in [6.07, 6.45) is 0. The van der Waals surface area contributed by atoms with Gasteiger partial charge in [-0.3, -0.25) is 19.6 Å². The summed E-state index contributed by atoms with van der Waals surface area (Å²) >= 11 is 0. The molecule has 0 aromatic carbocycles. The van der Waals surface area contributed by atoms with E-state index in [2.05, 4.69) is 29.4 Å². The molecule has 172 valence electrons. The van der Waals surface area contributed by atoms with Crippen LogP contribution in [0.15, 0.2) is 0 Å². The van der Waals surface area contributed by atoms with Gasteiger partial charge in [0.05, 0.1) is 26.4 Å². The molecule has 9 nitrogen and oxygen atoms in total. The van der Waals surface area contributed by atoms with Gasteiger partial charge in [0, 0.05) is 105 Å². The minimum Gasteiger partial charge on any atom is -0.379 e. The molecule has 0 aromatic rings. The molecule has 0 bridgehead atoms. The first-order valence-electron chi connectivity index (χ1n) is 11.9. The first kappa shape index (κ1) is 22.2. The van der Waals surface area contributed by atoms with E-state index >= 15 is 0 Å². The van der Waals surface area contributed by atoms with Gasteiger partial charge in [0.15, 0.2) is 0 Å². The predicted octanol–water partition coefficient (Wildman–Crippen LogP) is -0.994. The molecular weight excluding hydrogens is 384 g/mol. The van der Waals surface area contributed by atoms with Crippen LogP contribution < -0.4 is 0 Å². The number of hydrogen-bond acceptors (Lipinski definition) is 7. The number of rotatable bonds is 6. The van der Waals surface area contributed by atoms with Crippen LogP contribution >= 0.6 is 0 Å². The minimum atomic E-state index is 0.246. The summed E-state index contributed by atoms with van der Waals surface area (Å²) < 4.78 is 10.8. The van der Waals surface area contributed by atoms with Gasteiger partial charge in [-0.15, -0.1) is 0 Å². The SMILES string of the molecule is O=C(N1CCN(CCN2CCOCC2)CC1)N1CCN(CCN2CCOCC2)CC1. The van der Waals surface area contributed by atoms with Crippen LogP contribution in [-0.2, 0) is 9.47 Å². The van der Waals surface area contributed by atoms with Crippen LogP contribution in [-0.4, -0.2) is 167 Å². The van der Waals surface area contributed by atoms with Crippen LogP contribution in [0.3, 0.4) is 0 Å². The largest absolute Gasteiger partial charge is 0.379 e. The van der Waals surface area contributed by atoms with Crippen LogP contribution in [0.25, 0.3) is 0 Å². The van der Waals surface area contributed by atoms with Crippen molar-refractivity contribution in [3.05, 3.63) is 0 Å². The number of carbonyl (C=O) groups excluding carboxylic acids is 1. The average Bonchev–Trinajstić information content (AvgIpc) is 2.83. The van der Waals surface area contributed by atoms with Gasteiger partial charge in [0.2, 0.25) is 0 Å². The van der Waals surface area contributed by atoms with Gasteiger partial charge >= 0.3 is 6.03 Å². The minimum absolute atomic E-state index is 0.246. The van der Waals surface area contributed by atoms with E-state index in [0.29, 0.717) is 0 Å². The maximum atomic E-state index is 12.9. The topological polar surface area (TPSA) is 55.0 Å². The molecule has 0 aromatic heterocycles. The molecule has 4 aliphatic rings. The Kier molecular flexibility index (Phi) is 8.59. The van der Waals surface area contributed by atoms with E-state index in [4.69, 9.17) is 9.47 Å². The molecule has 30 heavy (non-hydrogen) atoms. The zero-order valence-corrected chi connectivity index (χ0v) is 18.6. The van der Waals surface area contributed by atoms with Crippen molar-refractivity contribution >= 4 is 6.03 Å². The Morgan fingerprint density at radius 2 is 0.767 bits per heavy atom. The second-order valence-corrected chi connectivity index (χ2v) is 8.85. The summed E-state index contributed by atoms with van der Waals surface area (Å²) in [7, 11) is 0. The molecule has 0 atom stereocenters. The highest BCUT2D eigenvalue weighted by atomic mass is 16.5. The fraction of sp³-hybridized carbons (Fsp3) is 0.952. The first-order chi connectivity index (χ1) is 14.8. The quantitative estimate of drug-likeness (QED) is 0.543. The third-order valence-corrected chi connectivity index (χ3v) is 6.96. The van der Waals surface area contributed by atoms with E-state index in [1.807, 2.05) is 0 Å². The lowest BCUT2D eigenvalue weighted by Crippen LogP contribution is -2.57. The molecule has 0 saturated carbocycles. The number of ether oxygens (including phenoxy) is 2. The van der Waals surface area contributed by atoms with Crippen molar-refractivity contribution < 1.29 is 14.3 Å². The normalized spacial score (nSPS) is 26.3. The summed E-state index contributed by atoms with van der Waals surface area (Å²) in [6.45, 7) is 19.5. The number of morpholine rings is 2. The molecule has 2 amide bonds. The molecule has 4 rings (SSSR count). The van der Waals surface area contributed by atoms with Gasteiger partial charge in [-0.05, 0) is 0 Å². The molecule has 0 spiro atoms. The Bertz CT molecular complexity index is 467. The van der Waals surface area contributed by atoms with Gasteiger partial charge < -0.3 is 19.3 Å². The number of amides is 2. The smallest absolute Gasteiger partial charge is 0.320 e. The van der Waals surface area contributed by atoms with Crippen molar-refractivity contribution in [2.24, 2.45) is 0 Å². The number of urea groups is 1. The monoisotopic (exact) mass is 424 g/mol. The van der Waals surface area contributed by atoms with Crippen LogP contribution in [0.1, 0.15) is 0 Å². The van der Waals surface area contributed by atoms with Gasteiger partial charge in [-0.1, -0.05) is 0 Å². The molecule has 4 fully saturated rings. The fourth-order valence-corrected chi connectivity index (χ4v) is 4.74. The predicted molar refractivity (Wildman–Crippen MR) is 116 cm³/mol. The third kappa shape index (κ3) is 6.51. The molecule has 4 saturated heterocycles. The zero-order chi connectivity index (χ0) is 20.6. The van der Waals surface area contributed by atoms with Gasteiger partial charge in [0.25, 0.3) is 0 Å². The van der Waals surface area contributed by atoms with Crippen molar-refractivity contribution in [1.29, 1.82) is 0 Å². The number of piperazine rings is 2. The van der Waals surface area contributed by atoms with Crippen molar-refractivity contribution in [2.45, 2.75) is 0 Å². The molecule has 0 unspecified atom stereocenters. The van der Waals surface area contributed by atoms with Crippen LogP contribution in [0.2, 0.25) is 0 Å². The van der Waals surface area contributed by atoms with E-state index in [-0.39, 0.29) is 6.03 Å². The third-order valence-electron chi connectivity index (χ3n) is 6.96. The summed E-state index contributed by atoms with van der Waals surface area (Å²) in [6, 6.07) is 0.246. The van der Waals surface area contributed by atoms with Crippen molar-refractivity contribution in [3.8, 4) is 0 Å². The van der Waals surface area contributed by atoms with Crippen LogP contribution in [0, 0.1) is 0 Å². The molecule has 4 heterocycles. The molecule has 0 N–H and O–H groups in total. The van der Waals surface area contributed by atoms with E-state index in [0.717, 1.165) is 131 Å². The highest BCUT2D eigenvalue weighted by molar-refractivity contribution is 5.74. The van der Waals surface area contributed by atoms with Crippen molar-refractivity contribution in [2.75, 3.05) is 131 Å². The summed E-state index contributed by atoms with van der Waals surface area (Å²) in [5.41, 5.74) is 0. The Hall–Kier alpha value is -0.970. The molecule has 4 aliphatic heterocycles. The lowest BCUT2D eigenvalue weighted by Gasteiger charge is -2.41. The van der Waals surface area contributed by atoms with E-state index in [1.165, 1.54) is 0 Å². The summed E-state index contributed by atoms with van der Waals surface area (Å²) in [5.74, 6) is 0. The standard InChI is InChI=1S/C21H40N6O3/c28-21(26-9-5-22(6-10-26)1-3-24-13-17-29-18-14-24)27-11-7-23(8-12-27)2-4-25-15-19-30-20-16-25/h1-20H2. The van der Waals surface area contributed by atoms with Gasteiger partial charge in [0.1, 0.15) is 0 Å². The maximum Gasteiger partial charge on any atom is 0.320 e. The zero-order valence-electron chi connectivity index (χ0n) is 18.6. The summed E-state index contributed by atoms with van der Waals surface area (Å²) in [5, 5.41) is 0. The maximum absolute atomic E-state index is 12.9. The molecule has 0 radical (unpaired) electrons. The Morgan fingerprint density at radius 3 is 1.10 bits per heavy atom. The Labute approximate surface area is 181 Å². The lowest BCUT2D eigenvalue weighted by molar-refractivity contribution is 0.0281. The van der Waals surface area contributed by atoms with Crippen molar-refractivity contribution in [3.63, 3.8) is 0 Å². The van der Waals surface area contributed by atoms with Crippen molar-refractivity contribution in [1.82, 2.24) is 29.4 Å². The van der Waals surface area contributed by atoms with Crippen LogP contribution in [0.5, 0.6) is 0 Å². The van der Waals surface area contributed by atoms with E-state index in [9.17, 15) is 4.79 Å². The highest BCUT2D eigenvalue weighted by Crippen LogP contribution is 2.10. The van der Waals surface area contributed by atoms with Gasteiger partial charge in [-0.2, -0.15) is 0 Å². The molecular formula is C21H40N6O3. The summed E-state index contributed by atoms with van der Waals surface area (Å²) in [4.78, 5) is 27.1. The van der Waals surface area contributed by atoms with E-state index in [1.54, 1.807) is 0 Å². The average molecular weight is 425 g/mol. The second kappa shape index (κ2) is 11.6. The number of hydrogen-bond donors (Lipinski definition) is 0. The number of nitrogens with zero attached hydrogens (tertiary/aromatic N) is 6. The van der Waals surface area contributed by atoms with Crippen LogP contribution in [0.4, 0.5) is 4.79 Å². The second-order valence-electron chi connectivity index (χ2n) is 8.85. The molecule has 0 aliphatic carbocycles. The lowest BCUT2D eigenvalue weighted by atomic mass is 10.3. The van der Waals surface area contributed by atoms with E-state index < -0.39 is 0 Å². The Balaban J connectivity index is 1.09. The molecule has 9 heteroatoms.